The molecule has 1 unspecified atom stereocenters. The molecule has 0 amide bonds. The molecule has 22 heavy (non-hydrogen) atoms. The van der Waals surface area contributed by atoms with Crippen LogP contribution >= 0.6 is 34.8 Å². The van der Waals surface area contributed by atoms with Gasteiger partial charge in [-0.25, -0.2) is 0 Å². The van der Waals surface area contributed by atoms with Crippen LogP contribution in [0, 0.1) is 5.41 Å². The Bertz CT molecular complexity index is 618. The van der Waals surface area contributed by atoms with Crippen LogP contribution in [0.25, 0.3) is 0 Å². The van der Waals surface area contributed by atoms with Crippen LogP contribution in [0.15, 0.2) is 35.4 Å². The van der Waals surface area contributed by atoms with Gasteiger partial charge < -0.3 is 5.43 Å². The first-order chi connectivity index (χ1) is 10.2. The van der Waals surface area contributed by atoms with E-state index in [-0.39, 0.29) is 33.5 Å². The Hall–Kier alpha value is -0.880. The first-order valence-corrected chi connectivity index (χ1v) is 7.38. The van der Waals surface area contributed by atoms with Crippen molar-refractivity contribution in [2.75, 3.05) is 5.43 Å². The van der Waals surface area contributed by atoms with Crippen molar-refractivity contribution in [1.82, 2.24) is 0 Å². The fourth-order valence-corrected chi connectivity index (χ4v) is 3.03. The first kappa shape index (κ1) is 17.5. The van der Waals surface area contributed by atoms with E-state index in [9.17, 15) is 13.2 Å². The molecule has 0 aromatic heterocycles. The minimum Gasteiger partial charge on any atom is -0.324 e. The predicted octanol–water partition coefficient (Wildman–Crippen LogP) is 5.45. The van der Waals surface area contributed by atoms with E-state index in [2.05, 4.69) is 5.43 Å². The molecule has 2 rings (SSSR count). The summed E-state index contributed by atoms with van der Waals surface area (Å²) in [6.07, 6.45) is -1.46. The zero-order chi connectivity index (χ0) is 16.5. The van der Waals surface area contributed by atoms with Gasteiger partial charge in [-0.3, -0.25) is 5.84 Å². The van der Waals surface area contributed by atoms with Gasteiger partial charge in [0.05, 0.1) is 11.1 Å². The lowest BCUT2D eigenvalue weighted by Crippen LogP contribution is -2.39. The monoisotopic (exact) mass is 370 g/mol. The van der Waals surface area contributed by atoms with E-state index in [4.69, 9.17) is 40.6 Å². The van der Waals surface area contributed by atoms with Gasteiger partial charge in [0, 0.05) is 15.1 Å². The van der Waals surface area contributed by atoms with Gasteiger partial charge in [0.1, 0.15) is 0 Å². The molecule has 3 N–H and O–H groups in total. The Morgan fingerprint density at radius 1 is 1.18 bits per heavy atom. The van der Waals surface area contributed by atoms with Crippen molar-refractivity contribution < 1.29 is 13.2 Å². The molecular weight excluding hydrogens is 360 g/mol. The van der Waals surface area contributed by atoms with E-state index in [0.717, 1.165) is 6.08 Å². The van der Waals surface area contributed by atoms with Crippen LogP contribution in [-0.4, -0.2) is 6.18 Å². The summed E-state index contributed by atoms with van der Waals surface area (Å²) in [6, 6.07) is 2.87. The molecule has 0 bridgehead atoms. The highest BCUT2D eigenvalue weighted by Gasteiger charge is 2.53. The summed E-state index contributed by atoms with van der Waals surface area (Å²) in [6.45, 7) is 0. The van der Waals surface area contributed by atoms with Crippen molar-refractivity contribution in [2.24, 2.45) is 11.3 Å². The highest BCUT2D eigenvalue weighted by atomic mass is 35.5. The third-order valence-corrected chi connectivity index (χ3v) is 4.54. The Morgan fingerprint density at radius 2 is 1.77 bits per heavy atom. The van der Waals surface area contributed by atoms with Crippen LogP contribution in [0.4, 0.5) is 18.9 Å². The van der Waals surface area contributed by atoms with Gasteiger partial charge in [0.15, 0.2) is 0 Å². The molecule has 0 spiro atoms. The molecule has 0 aliphatic heterocycles. The molecule has 120 valence electrons. The third kappa shape index (κ3) is 3.38. The van der Waals surface area contributed by atoms with E-state index < -0.39 is 11.6 Å². The largest absolute Gasteiger partial charge is 0.398 e. The van der Waals surface area contributed by atoms with Gasteiger partial charge in [-0.2, -0.15) is 13.2 Å². The number of hydrogen-bond donors (Lipinski definition) is 2. The highest BCUT2D eigenvalue weighted by Crippen LogP contribution is 2.49. The highest BCUT2D eigenvalue weighted by molar-refractivity contribution is 6.36. The number of alkyl halides is 3. The number of nitrogens with one attached hydrogen (secondary N) is 1. The molecule has 1 atom stereocenters. The SMILES string of the molecule is NNc1cc(Cl)c(CC2(C(F)(F)F)C=CC(Cl)=CC2)c(Cl)c1. The van der Waals surface area contributed by atoms with Gasteiger partial charge in [-0.1, -0.05) is 47.0 Å². The number of nitrogen functional groups attached to an aromatic ring is 1. The zero-order valence-corrected chi connectivity index (χ0v) is 13.4. The number of allylic oxidation sites excluding steroid dienone is 4. The van der Waals surface area contributed by atoms with Crippen molar-refractivity contribution >= 4 is 40.5 Å². The maximum absolute atomic E-state index is 13.6. The molecule has 1 aromatic rings. The van der Waals surface area contributed by atoms with Gasteiger partial charge >= 0.3 is 6.18 Å². The van der Waals surface area contributed by atoms with Gasteiger partial charge in [0.2, 0.25) is 0 Å². The molecule has 0 fully saturated rings. The summed E-state index contributed by atoms with van der Waals surface area (Å²) in [5, 5.41) is 0.524. The van der Waals surface area contributed by atoms with E-state index >= 15 is 0 Å². The molecule has 1 aliphatic rings. The molecule has 0 saturated heterocycles. The molecular formula is C14H12Cl3F3N2. The van der Waals surface area contributed by atoms with Crippen molar-refractivity contribution in [3.05, 3.63) is 51.0 Å². The average molecular weight is 372 g/mol. The number of benzene rings is 1. The quantitative estimate of drug-likeness (QED) is 0.547. The maximum Gasteiger partial charge on any atom is 0.398 e. The second-order valence-electron chi connectivity index (χ2n) is 5.02. The number of hydrazine groups is 1. The normalized spacial score (nSPS) is 21.7. The lowest BCUT2D eigenvalue weighted by molar-refractivity contribution is -0.205. The summed E-state index contributed by atoms with van der Waals surface area (Å²) < 4.78 is 40.7. The topological polar surface area (TPSA) is 38.0 Å². The maximum atomic E-state index is 13.6. The van der Waals surface area contributed by atoms with E-state index in [0.29, 0.717) is 5.69 Å². The number of hydrogen-bond acceptors (Lipinski definition) is 2. The number of nitrogens with two attached hydrogens (primary N) is 1. The average Bonchev–Trinajstić information content (AvgIpc) is 2.43. The lowest BCUT2D eigenvalue weighted by Gasteiger charge is -2.34. The van der Waals surface area contributed by atoms with Gasteiger partial charge in [0.25, 0.3) is 0 Å². The van der Waals surface area contributed by atoms with E-state index in [1.807, 2.05) is 0 Å². The molecule has 1 aliphatic carbocycles. The molecule has 1 aromatic carbocycles. The standard InChI is InChI=1S/C14H12Cl3F3N2/c15-8-1-3-13(4-2-8,14(18,19)20)7-10-11(16)5-9(22-21)6-12(10)17/h1-3,5-6,22H,4,7,21H2. The molecule has 0 radical (unpaired) electrons. The van der Waals surface area contributed by atoms with E-state index in [1.165, 1.54) is 24.3 Å². The fraction of sp³-hybridized carbons (Fsp3) is 0.286. The number of halogens is 6. The van der Waals surface area contributed by atoms with Crippen molar-refractivity contribution in [2.45, 2.75) is 19.0 Å². The summed E-state index contributed by atoms with van der Waals surface area (Å²) in [4.78, 5) is 0. The molecule has 0 saturated carbocycles. The summed E-state index contributed by atoms with van der Waals surface area (Å²) in [5.41, 5.74) is 0.903. The Balaban J connectivity index is 2.44. The smallest absolute Gasteiger partial charge is 0.324 e. The zero-order valence-electron chi connectivity index (χ0n) is 11.1. The predicted molar refractivity (Wildman–Crippen MR) is 84.2 cm³/mol. The number of anilines is 1. The van der Waals surface area contributed by atoms with Crippen LogP contribution < -0.4 is 11.3 Å². The minimum atomic E-state index is -4.46. The summed E-state index contributed by atoms with van der Waals surface area (Å²) in [5.74, 6) is 5.25. The Kier molecular flexibility index (Phi) is 5.02. The first-order valence-electron chi connectivity index (χ1n) is 6.25. The van der Waals surface area contributed by atoms with Crippen LogP contribution in [0.5, 0.6) is 0 Å². The molecule has 8 heteroatoms. The summed E-state index contributed by atoms with van der Waals surface area (Å²) in [7, 11) is 0. The molecule has 2 nitrogen and oxygen atoms in total. The number of rotatable bonds is 3. The van der Waals surface area contributed by atoms with Gasteiger partial charge in [-0.05, 0) is 36.6 Å². The van der Waals surface area contributed by atoms with E-state index in [1.54, 1.807) is 0 Å². The third-order valence-electron chi connectivity index (χ3n) is 3.59. The Labute approximate surface area is 140 Å². The Morgan fingerprint density at radius 3 is 2.18 bits per heavy atom. The van der Waals surface area contributed by atoms with Crippen LogP contribution in [-0.2, 0) is 6.42 Å². The lowest BCUT2D eigenvalue weighted by atomic mass is 9.75. The van der Waals surface area contributed by atoms with Crippen LogP contribution in [0.1, 0.15) is 12.0 Å². The van der Waals surface area contributed by atoms with Crippen LogP contribution in [0.2, 0.25) is 10.0 Å². The second-order valence-corrected chi connectivity index (χ2v) is 6.27. The second kappa shape index (κ2) is 6.32. The fourth-order valence-electron chi connectivity index (χ4n) is 2.27. The molecule has 0 heterocycles. The van der Waals surface area contributed by atoms with Crippen molar-refractivity contribution in [3.8, 4) is 0 Å². The van der Waals surface area contributed by atoms with Crippen LogP contribution in [0.3, 0.4) is 0 Å². The van der Waals surface area contributed by atoms with Gasteiger partial charge in [-0.15, -0.1) is 0 Å². The summed E-state index contributed by atoms with van der Waals surface area (Å²) >= 11 is 17.9. The van der Waals surface area contributed by atoms with Crippen molar-refractivity contribution in [3.63, 3.8) is 0 Å². The van der Waals surface area contributed by atoms with Crippen molar-refractivity contribution in [1.29, 1.82) is 0 Å². The minimum absolute atomic E-state index is 0.123.